The van der Waals surface area contributed by atoms with Crippen LogP contribution in [0, 0.1) is 23.7 Å². The van der Waals surface area contributed by atoms with Gasteiger partial charge in [0.15, 0.2) is 0 Å². The molecule has 0 amide bonds. The van der Waals surface area contributed by atoms with Crippen molar-refractivity contribution < 1.29 is 5.11 Å². The number of hydrogen-bond acceptors (Lipinski definition) is 2. The van der Waals surface area contributed by atoms with Gasteiger partial charge in [0.1, 0.15) is 0 Å². The van der Waals surface area contributed by atoms with Crippen LogP contribution < -0.4 is 5.32 Å². The molecule has 2 saturated carbocycles. The zero-order valence-corrected chi connectivity index (χ0v) is 10.9. The van der Waals surface area contributed by atoms with Crippen LogP contribution in [0.4, 0.5) is 0 Å². The Bertz CT molecular complexity index is 255. The predicted molar refractivity (Wildman–Crippen MR) is 69.8 cm³/mol. The number of aliphatic hydroxyl groups excluding tert-OH is 1. The molecule has 2 N–H and O–H groups in total. The van der Waals surface area contributed by atoms with Crippen LogP contribution >= 0.6 is 0 Å². The Hall–Kier alpha value is -0.0800. The van der Waals surface area contributed by atoms with Crippen molar-refractivity contribution in [2.45, 2.75) is 57.5 Å². The third-order valence-corrected chi connectivity index (χ3v) is 5.69. The van der Waals surface area contributed by atoms with Gasteiger partial charge in [-0.3, -0.25) is 0 Å². The molecule has 0 bridgehead atoms. The smallest absolute Gasteiger partial charge is 0.0695 e. The fraction of sp³-hybridized carbons (Fsp3) is 1.00. The Morgan fingerprint density at radius 1 is 0.824 bits per heavy atom. The quantitative estimate of drug-likeness (QED) is 0.734. The summed E-state index contributed by atoms with van der Waals surface area (Å²) in [5.41, 5.74) is 0. The fourth-order valence-electron chi connectivity index (χ4n) is 4.71. The van der Waals surface area contributed by atoms with Gasteiger partial charge < -0.3 is 10.4 Å². The molecule has 0 aromatic rings. The van der Waals surface area contributed by atoms with Gasteiger partial charge in [-0.15, -0.1) is 0 Å². The maximum atomic E-state index is 10.2. The van der Waals surface area contributed by atoms with Crippen molar-refractivity contribution in [2.75, 3.05) is 13.1 Å². The highest BCUT2D eigenvalue weighted by molar-refractivity contribution is 4.89. The summed E-state index contributed by atoms with van der Waals surface area (Å²) in [5.74, 6) is 3.47. The molecule has 2 nitrogen and oxygen atoms in total. The summed E-state index contributed by atoms with van der Waals surface area (Å²) in [4.78, 5) is 0. The molecule has 0 aromatic heterocycles. The number of piperidine rings is 1. The third kappa shape index (κ3) is 2.53. The summed E-state index contributed by atoms with van der Waals surface area (Å²) in [6.07, 6.45) is 11.3. The lowest BCUT2D eigenvalue weighted by Gasteiger charge is -2.44. The summed E-state index contributed by atoms with van der Waals surface area (Å²) in [6.45, 7) is 1.95. The van der Waals surface area contributed by atoms with Crippen LogP contribution in [-0.2, 0) is 0 Å². The average Bonchev–Trinajstić information content (AvgIpc) is 2.39. The first kappa shape index (κ1) is 12.0. The summed E-state index contributed by atoms with van der Waals surface area (Å²) < 4.78 is 0. The lowest BCUT2D eigenvalue weighted by atomic mass is 9.63. The summed E-state index contributed by atoms with van der Waals surface area (Å²) in [6, 6.07) is 0. The van der Waals surface area contributed by atoms with Gasteiger partial charge in [0.05, 0.1) is 6.10 Å². The average molecular weight is 237 g/mol. The van der Waals surface area contributed by atoms with Gasteiger partial charge in [-0.2, -0.15) is 0 Å². The first-order chi connectivity index (χ1) is 8.34. The van der Waals surface area contributed by atoms with E-state index in [1.54, 1.807) is 0 Å². The van der Waals surface area contributed by atoms with E-state index in [0.29, 0.717) is 5.92 Å². The molecule has 2 heteroatoms. The molecular weight excluding hydrogens is 210 g/mol. The van der Waals surface area contributed by atoms with Crippen LogP contribution in [0.25, 0.3) is 0 Å². The molecular formula is C15H27NO. The molecule has 98 valence electrons. The molecule has 5 atom stereocenters. The Balaban J connectivity index is 1.60. The summed E-state index contributed by atoms with van der Waals surface area (Å²) in [5, 5.41) is 13.5. The minimum atomic E-state index is -0.0751. The van der Waals surface area contributed by atoms with Crippen LogP contribution in [0.3, 0.4) is 0 Å². The lowest BCUT2D eigenvalue weighted by molar-refractivity contribution is 0.00985. The Morgan fingerprint density at radius 2 is 1.59 bits per heavy atom. The minimum absolute atomic E-state index is 0.0751. The van der Waals surface area contributed by atoms with E-state index in [4.69, 9.17) is 0 Å². The number of hydrogen-bond donors (Lipinski definition) is 2. The van der Waals surface area contributed by atoms with E-state index < -0.39 is 0 Å². The van der Waals surface area contributed by atoms with E-state index in [1.165, 1.54) is 51.4 Å². The fourth-order valence-corrected chi connectivity index (χ4v) is 4.71. The highest BCUT2D eigenvalue weighted by Crippen LogP contribution is 2.46. The maximum absolute atomic E-state index is 10.2. The van der Waals surface area contributed by atoms with Gasteiger partial charge in [0.25, 0.3) is 0 Å². The molecule has 0 spiro atoms. The molecule has 3 aliphatic rings. The normalized spacial score (nSPS) is 47.5. The Labute approximate surface area is 105 Å². The number of aliphatic hydroxyl groups is 1. The molecule has 0 radical (unpaired) electrons. The first-order valence-electron chi connectivity index (χ1n) is 7.73. The van der Waals surface area contributed by atoms with Crippen LogP contribution in [0.1, 0.15) is 51.4 Å². The highest BCUT2D eigenvalue weighted by atomic mass is 16.3. The molecule has 3 rings (SSSR count). The van der Waals surface area contributed by atoms with E-state index in [1.807, 2.05) is 0 Å². The van der Waals surface area contributed by atoms with Crippen LogP contribution in [0.2, 0.25) is 0 Å². The van der Waals surface area contributed by atoms with Crippen molar-refractivity contribution in [3.8, 4) is 0 Å². The molecule has 2 aliphatic carbocycles. The number of rotatable bonds is 1. The lowest BCUT2D eigenvalue weighted by Crippen LogP contribution is -2.45. The van der Waals surface area contributed by atoms with Crippen LogP contribution in [0.15, 0.2) is 0 Å². The Morgan fingerprint density at radius 3 is 2.41 bits per heavy atom. The van der Waals surface area contributed by atoms with Gasteiger partial charge in [-0.05, 0) is 55.9 Å². The van der Waals surface area contributed by atoms with E-state index in [9.17, 15) is 5.11 Å². The minimum Gasteiger partial charge on any atom is -0.392 e. The predicted octanol–water partition coefficient (Wildman–Crippen LogP) is 2.56. The SMILES string of the molecule is OC1CNCCC1C1CCC2CCCCC2C1. The third-order valence-electron chi connectivity index (χ3n) is 5.69. The van der Waals surface area contributed by atoms with Crippen LogP contribution in [0.5, 0.6) is 0 Å². The molecule has 3 fully saturated rings. The van der Waals surface area contributed by atoms with Crippen molar-refractivity contribution in [2.24, 2.45) is 23.7 Å². The topological polar surface area (TPSA) is 32.3 Å². The molecule has 0 aromatic carbocycles. The standard InChI is InChI=1S/C15H27NO/c17-15-10-16-8-7-14(15)13-6-5-11-3-1-2-4-12(11)9-13/h11-17H,1-10H2. The van der Waals surface area contributed by atoms with Gasteiger partial charge in [0.2, 0.25) is 0 Å². The molecule has 17 heavy (non-hydrogen) atoms. The second-order valence-corrected chi connectivity index (χ2v) is 6.60. The molecule has 1 aliphatic heterocycles. The van der Waals surface area contributed by atoms with Gasteiger partial charge in [0, 0.05) is 6.54 Å². The number of fused-ring (bicyclic) bond motifs is 1. The zero-order valence-electron chi connectivity index (χ0n) is 10.9. The Kier molecular flexibility index (Phi) is 3.72. The van der Waals surface area contributed by atoms with Crippen molar-refractivity contribution in [1.82, 2.24) is 5.32 Å². The van der Waals surface area contributed by atoms with E-state index in [-0.39, 0.29) is 6.10 Å². The second kappa shape index (κ2) is 5.27. The van der Waals surface area contributed by atoms with Crippen molar-refractivity contribution in [3.05, 3.63) is 0 Å². The van der Waals surface area contributed by atoms with Gasteiger partial charge >= 0.3 is 0 Å². The maximum Gasteiger partial charge on any atom is 0.0695 e. The van der Waals surface area contributed by atoms with Crippen molar-refractivity contribution >= 4 is 0 Å². The van der Waals surface area contributed by atoms with Gasteiger partial charge in [-0.1, -0.05) is 25.7 Å². The van der Waals surface area contributed by atoms with Crippen molar-refractivity contribution in [3.63, 3.8) is 0 Å². The molecule has 1 saturated heterocycles. The van der Waals surface area contributed by atoms with Crippen LogP contribution in [-0.4, -0.2) is 24.3 Å². The number of β-amino-alcohol motifs (C(OH)–C–C–N with tert-alkyl or cyclic N) is 1. The second-order valence-electron chi connectivity index (χ2n) is 6.60. The van der Waals surface area contributed by atoms with Gasteiger partial charge in [-0.25, -0.2) is 0 Å². The molecule has 5 unspecified atom stereocenters. The first-order valence-corrected chi connectivity index (χ1v) is 7.73. The van der Waals surface area contributed by atoms with Crippen molar-refractivity contribution in [1.29, 1.82) is 0 Å². The highest BCUT2D eigenvalue weighted by Gasteiger charge is 2.38. The molecule has 1 heterocycles. The summed E-state index contributed by atoms with van der Waals surface area (Å²) >= 11 is 0. The largest absolute Gasteiger partial charge is 0.392 e. The zero-order chi connectivity index (χ0) is 11.7. The van der Waals surface area contributed by atoms with E-state index in [2.05, 4.69) is 5.32 Å². The number of nitrogens with one attached hydrogen (secondary N) is 1. The van der Waals surface area contributed by atoms with E-state index >= 15 is 0 Å². The summed E-state index contributed by atoms with van der Waals surface area (Å²) in [7, 11) is 0. The monoisotopic (exact) mass is 237 g/mol. The van der Waals surface area contributed by atoms with E-state index in [0.717, 1.165) is 30.8 Å².